The topological polar surface area (TPSA) is 81.1 Å². The van der Waals surface area contributed by atoms with E-state index < -0.39 is 0 Å². The van der Waals surface area contributed by atoms with Crippen molar-refractivity contribution in [1.29, 1.82) is 0 Å². The van der Waals surface area contributed by atoms with Crippen molar-refractivity contribution in [3.05, 3.63) is 29.8 Å². The zero-order chi connectivity index (χ0) is 11.3. The van der Waals surface area contributed by atoms with Gasteiger partial charge in [0.05, 0.1) is 0 Å². The van der Waals surface area contributed by atoms with Gasteiger partial charge < -0.3 is 16.8 Å². The Labute approximate surface area is 93.6 Å². The van der Waals surface area contributed by atoms with E-state index in [1.807, 2.05) is 24.3 Å². The molecule has 4 nitrogen and oxygen atoms in total. The quantitative estimate of drug-likeness (QED) is 0.639. The number of thiocarbonyl (C=S) groups is 1. The maximum Gasteiger partial charge on any atom is 0.219 e. The van der Waals surface area contributed by atoms with E-state index in [4.69, 9.17) is 23.7 Å². The van der Waals surface area contributed by atoms with Crippen LogP contribution in [0.4, 0.5) is 5.69 Å². The van der Waals surface area contributed by atoms with Crippen molar-refractivity contribution in [2.24, 2.45) is 11.5 Å². The Morgan fingerprint density at radius 2 is 2.00 bits per heavy atom. The SMILES string of the molecule is NC(=O)CCNc1ccccc1C(N)=S. The number of anilines is 1. The molecule has 0 radical (unpaired) electrons. The molecule has 5 heteroatoms. The van der Waals surface area contributed by atoms with Gasteiger partial charge in [-0.05, 0) is 12.1 Å². The molecule has 5 N–H and O–H groups in total. The molecule has 0 atom stereocenters. The molecule has 1 rings (SSSR count). The first-order valence-electron chi connectivity index (χ1n) is 4.52. The van der Waals surface area contributed by atoms with Crippen LogP contribution in [0, 0.1) is 0 Å². The number of carbonyl (C=O) groups excluding carboxylic acids is 1. The minimum atomic E-state index is -0.338. The number of amides is 1. The minimum Gasteiger partial charge on any atom is -0.389 e. The summed E-state index contributed by atoms with van der Waals surface area (Å²) in [5.41, 5.74) is 12.2. The summed E-state index contributed by atoms with van der Waals surface area (Å²) < 4.78 is 0. The first-order valence-corrected chi connectivity index (χ1v) is 4.93. The highest BCUT2D eigenvalue weighted by atomic mass is 32.1. The maximum absolute atomic E-state index is 10.5. The van der Waals surface area contributed by atoms with E-state index in [1.165, 1.54) is 0 Å². The number of nitrogens with one attached hydrogen (secondary N) is 1. The summed E-state index contributed by atoms with van der Waals surface area (Å²) in [7, 11) is 0. The van der Waals surface area contributed by atoms with Crippen molar-refractivity contribution < 1.29 is 4.79 Å². The maximum atomic E-state index is 10.5. The molecule has 0 saturated heterocycles. The average Bonchev–Trinajstić information content (AvgIpc) is 2.17. The molecule has 0 bridgehead atoms. The van der Waals surface area contributed by atoms with Gasteiger partial charge >= 0.3 is 0 Å². The van der Waals surface area contributed by atoms with E-state index in [-0.39, 0.29) is 12.3 Å². The lowest BCUT2D eigenvalue weighted by atomic mass is 10.2. The summed E-state index contributed by atoms with van der Waals surface area (Å²) in [6.45, 7) is 0.481. The summed E-state index contributed by atoms with van der Waals surface area (Å²) in [6.07, 6.45) is 0.283. The van der Waals surface area contributed by atoms with Gasteiger partial charge in [0.15, 0.2) is 0 Å². The molecular formula is C10H13N3OS. The predicted molar refractivity (Wildman–Crippen MR) is 64.6 cm³/mol. The fourth-order valence-corrected chi connectivity index (χ4v) is 1.35. The summed E-state index contributed by atoms with van der Waals surface area (Å²) in [5, 5.41) is 3.06. The molecule has 0 spiro atoms. The molecule has 0 fully saturated rings. The second-order valence-electron chi connectivity index (χ2n) is 3.05. The monoisotopic (exact) mass is 223 g/mol. The summed E-state index contributed by atoms with van der Waals surface area (Å²) in [4.78, 5) is 10.9. The van der Waals surface area contributed by atoms with Gasteiger partial charge in [-0.25, -0.2) is 0 Å². The molecule has 0 unspecified atom stereocenters. The van der Waals surface area contributed by atoms with Gasteiger partial charge in [0, 0.05) is 24.2 Å². The number of rotatable bonds is 5. The zero-order valence-electron chi connectivity index (χ0n) is 8.19. The normalized spacial score (nSPS) is 9.60. The Morgan fingerprint density at radius 3 is 2.60 bits per heavy atom. The van der Waals surface area contributed by atoms with Crippen LogP contribution in [-0.4, -0.2) is 17.4 Å². The molecule has 0 aliphatic heterocycles. The summed E-state index contributed by atoms with van der Waals surface area (Å²) >= 11 is 4.90. The zero-order valence-corrected chi connectivity index (χ0v) is 9.01. The third kappa shape index (κ3) is 3.55. The molecule has 0 aliphatic rings. The predicted octanol–water partition coefficient (Wildman–Crippen LogP) is 0.608. The van der Waals surface area contributed by atoms with E-state index in [9.17, 15) is 4.79 Å². The number of primary amides is 1. The third-order valence-electron chi connectivity index (χ3n) is 1.88. The number of hydrogen-bond acceptors (Lipinski definition) is 3. The van der Waals surface area contributed by atoms with Crippen molar-refractivity contribution >= 4 is 28.8 Å². The highest BCUT2D eigenvalue weighted by Crippen LogP contribution is 2.14. The van der Waals surface area contributed by atoms with Crippen LogP contribution in [-0.2, 0) is 4.79 Å². The standard InChI is InChI=1S/C10H13N3OS/c11-9(14)5-6-13-8-4-2-1-3-7(8)10(12)15/h1-4,13H,5-6H2,(H2,11,14)(H2,12,15). The van der Waals surface area contributed by atoms with Crippen molar-refractivity contribution in [2.45, 2.75) is 6.42 Å². The van der Waals surface area contributed by atoms with Crippen molar-refractivity contribution in [3.63, 3.8) is 0 Å². The molecule has 15 heavy (non-hydrogen) atoms. The van der Waals surface area contributed by atoms with Gasteiger partial charge in [-0.1, -0.05) is 24.4 Å². The Balaban J connectivity index is 2.67. The van der Waals surface area contributed by atoms with Gasteiger partial charge in [-0.15, -0.1) is 0 Å². The Kier molecular flexibility index (Phi) is 4.05. The van der Waals surface area contributed by atoms with E-state index in [0.717, 1.165) is 11.3 Å². The van der Waals surface area contributed by atoms with E-state index >= 15 is 0 Å². The van der Waals surface area contributed by atoms with Gasteiger partial charge in [0.1, 0.15) is 4.99 Å². The molecule has 0 aromatic heterocycles. The molecule has 1 amide bonds. The largest absolute Gasteiger partial charge is 0.389 e. The fourth-order valence-electron chi connectivity index (χ4n) is 1.17. The van der Waals surface area contributed by atoms with Gasteiger partial charge in [0.2, 0.25) is 5.91 Å². The average molecular weight is 223 g/mol. The van der Waals surface area contributed by atoms with Crippen LogP contribution < -0.4 is 16.8 Å². The van der Waals surface area contributed by atoms with Crippen LogP contribution in [0.1, 0.15) is 12.0 Å². The Hall–Kier alpha value is -1.62. The number of para-hydroxylation sites is 1. The van der Waals surface area contributed by atoms with Crippen LogP contribution in [0.3, 0.4) is 0 Å². The summed E-state index contributed by atoms with van der Waals surface area (Å²) in [6, 6.07) is 7.41. The first-order chi connectivity index (χ1) is 7.11. The number of hydrogen-bond donors (Lipinski definition) is 3. The van der Waals surface area contributed by atoms with Crippen molar-refractivity contribution in [1.82, 2.24) is 0 Å². The van der Waals surface area contributed by atoms with Crippen LogP contribution >= 0.6 is 12.2 Å². The lowest BCUT2D eigenvalue weighted by molar-refractivity contribution is -0.117. The molecule has 0 heterocycles. The number of benzene rings is 1. The highest BCUT2D eigenvalue weighted by molar-refractivity contribution is 7.80. The Bertz CT molecular complexity index is 379. The second kappa shape index (κ2) is 5.31. The van der Waals surface area contributed by atoms with Crippen molar-refractivity contribution in [3.8, 4) is 0 Å². The van der Waals surface area contributed by atoms with E-state index in [1.54, 1.807) is 0 Å². The van der Waals surface area contributed by atoms with Gasteiger partial charge in [-0.2, -0.15) is 0 Å². The summed E-state index contributed by atoms with van der Waals surface area (Å²) in [5.74, 6) is -0.338. The minimum absolute atomic E-state index is 0.283. The molecule has 0 aliphatic carbocycles. The van der Waals surface area contributed by atoms with Crippen LogP contribution in [0.15, 0.2) is 24.3 Å². The number of nitrogens with two attached hydrogens (primary N) is 2. The van der Waals surface area contributed by atoms with Gasteiger partial charge in [-0.3, -0.25) is 4.79 Å². The smallest absolute Gasteiger partial charge is 0.219 e. The van der Waals surface area contributed by atoms with Crippen LogP contribution in [0.2, 0.25) is 0 Å². The van der Waals surface area contributed by atoms with Crippen LogP contribution in [0.25, 0.3) is 0 Å². The molecule has 80 valence electrons. The highest BCUT2D eigenvalue weighted by Gasteiger charge is 2.03. The van der Waals surface area contributed by atoms with Crippen LogP contribution in [0.5, 0.6) is 0 Å². The lowest BCUT2D eigenvalue weighted by Gasteiger charge is -2.09. The molecule has 1 aromatic rings. The molecular weight excluding hydrogens is 210 g/mol. The Morgan fingerprint density at radius 1 is 1.33 bits per heavy atom. The molecule has 0 saturated carbocycles. The fraction of sp³-hybridized carbons (Fsp3) is 0.200. The van der Waals surface area contributed by atoms with E-state index in [2.05, 4.69) is 5.32 Å². The van der Waals surface area contributed by atoms with E-state index in [0.29, 0.717) is 11.5 Å². The lowest BCUT2D eigenvalue weighted by Crippen LogP contribution is -2.18. The first kappa shape index (κ1) is 11.5. The number of carbonyl (C=O) groups is 1. The second-order valence-corrected chi connectivity index (χ2v) is 3.49. The van der Waals surface area contributed by atoms with Crippen molar-refractivity contribution in [2.75, 3.05) is 11.9 Å². The van der Waals surface area contributed by atoms with Gasteiger partial charge in [0.25, 0.3) is 0 Å². The third-order valence-corrected chi connectivity index (χ3v) is 2.10. The molecule has 1 aromatic carbocycles.